The first-order valence-corrected chi connectivity index (χ1v) is 42.0. The molecule has 9 aliphatic rings. The van der Waals surface area contributed by atoms with Crippen LogP contribution < -0.4 is 50.8 Å². The van der Waals surface area contributed by atoms with Crippen LogP contribution >= 0.6 is 23.2 Å². The summed E-state index contributed by atoms with van der Waals surface area (Å²) >= 11 is 12.0. The van der Waals surface area contributed by atoms with Gasteiger partial charge in [0.1, 0.15) is 77.6 Å². The molecule has 35 nitrogen and oxygen atoms in total. The molecule has 0 saturated carbocycles. The van der Waals surface area contributed by atoms with E-state index < -0.39 is 104 Å². The second-order valence-corrected chi connectivity index (χ2v) is 33.8. The lowest BCUT2D eigenvalue weighted by Gasteiger charge is -2.29. The highest BCUT2D eigenvalue weighted by molar-refractivity contribution is 6.34. The van der Waals surface area contributed by atoms with Gasteiger partial charge in [0.15, 0.2) is 45.8 Å². The van der Waals surface area contributed by atoms with Gasteiger partial charge in [0.2, 0.25) is 41.4 Å². The van der Waals surface area contributed by atoms with Crippen LogP contribution in [0.25, 0.3) is 55.3 Å². The van der Waals surface area contributed by atoms with E-state index in [9.17, 15) is 75.5 Å². The Morgan fingerprint density at radius 1 is 0.459 bits per heavy atom. The lowest BCUT2D eigenvalue weighted by atomic mass is 9.82. The number of methoxy groups -OCH3 is 4. The maximum atomic E-state index is 14.8. The molecule has 0 aliphatic carbocycles. The Bertz CT molecular complexity index is 7270. The van der Waals surface area contributed by atoms with E-state index in [1.54, 1.807) is 97.3 Å². The zero-order valence-corrected chi connectivity index (χ0v) is 71.8. The molecule has 5 fully saturated rings. The Hall–Kier alpha value is -15.9. The quantitative estimate of drug-likeness (QED) is 0.0264. The van der Waals surface area contributed by atoms with Crippen molar-refractivity contribution in [1.82, 2.24) is 71.4 Å². The van der Waals surface area contributed by atoms with Crippen LogP contribution in [0.15, 0.2) is 176 Å². The van der Waals surface area contributed by atoms with E-state index in [-0.39, 0.29) is 157 Å². The number of rotatable bonds is 18. The molecule has 5 saturated heterocycles. The molecule has 0 radical (unpaired) electrons. The Morgan fingerprint density at radius 2 is 0.977 bits per heavy atom. The Labute approximate surface area is 757 Å². The van der Waals surface area contributed by atoms with Gasteiger partial charge in [-0.1, -0.05) is 53.5 Å². The molecule has 17 heterocycles. The van der Waals surface area contributed by atoms with E-state index >= 15 is 0 Å². The molecule has 5 atom stereocenters. The van der Waals surface area contributed by atoms with Crippen LogP contribution in [0.2, 0.25) is 10.3 Å². The summed E-state index contributed by atoms with van der Waals surface area (Å²) < 4.78 is 88.2. The number of benzene rings is 5. The summed E-state index contributed by atoms with van der Waals surface area (Å²) in [5, 5.41) is 16.9. The van der Waals surface area contributed by atoms with E-state index in [1.807, 2.05) is 24.3 Å². The SMILES string of the molecule is COc1ccc2c(c1)C(=O)N(C[C@@]1(c3cc4cc(C5CNC(=O)C5)ccc4o3)NC(=O)NC1=O)C2.COc1ccc2c(c1F)C(=O)N(C[C@@]1(c3cc4c(Cl)nccc4o3)CC(=O)NC1=O)C2.COc1ccc2c(c1F)C(=O)N(C[C@@]1(c3cc4cnc(Cl)cc4o3)CC(=O)NC1=O)C2.COc1ccc2c(c1F)C(=O)N(C[C@@]1(c3cc4nc(-c5cccnc5)ccc4o3)CC(=O)NC1=O)C2. The van der Waals surface area contributed by atoms with Crippen molar-refractivity contribution >= 4 is 144 Å². The van der Waals surface area contributed by atoms with Gasteiger partial charge < -0.3 is 66.8 Å². The first-order chi connectivity index (χ1) is 63.9. The number of pyridine rings is 4. The standard InChI is InChI=1S/C26H19FN4O5.C25H22N4O6.2C21H15ClFN3O5/c1-35-19-6-4-15-12-31(24(33)22(15)23(19)27)13-26(10-21(32)30-25(26)34)20-9-17-18(36-20)7-5-16(29-17)14-3-2-8-28-11-14;1-34-17-4-2-14-11-29(22(31)18(14)9-17)12-25(23(32)27-24(33)28-25)20-7-15-6-13(3-5-19(15)35-20)16-8-21(30)26-10-16;1-30-12-3-2-10-8-26(19(28)17(10)18(12)23)9-21(6-16(27)25-20(21)29)14-4-11-7-24-15(22)5-13(11)31-14;1-30-13-3-2-10-8-26(19(28)16(10)17(13)23)9-21(7-15(27)25-20(21)29)14-6-11-12(31-14)4-5-24-18(11)22/h2-9,11H,10,12-13H2,1H3,(H,30,32,34);2-7,9,16H,8,10-12H2,1H3,(H,26,30)(H2,27,28,32,33);2-5,7H,6,8-9H2,1H3,(H,25,27,29);2-6H,7-9H2,1H3,(H,25,27,29)/t26-;16?,25-;2*21-/m1011/s1. The van der Waals surface area contributed by atoms with Crippen LogP contribution in [0.3, 0.4) is 0 Å². The number of amides is 14. The highest BCUT2D eigenvalue weighted by atomic mass is 35.5. The second kappa shape index (κ2) is 33.3. The third-order valence-corrected chi connectivity index (χ3v) is 25.7. The fraction of sp³-hybridized carbons (Fsp3) is 0.237. The van der Waals surface area contributed by atoms with Crippen LogP contribution in [0.5, 0.6) is 23.0 Å². The number of imide groups is 4. The number of fused-ring (bicyclic) bond motifs is 8. The van der Waals surface area contributed by atoms with Gasteiger partial charge >= 0.3 is 6.03 Å². The van der Waals surface area contributed by atoms with Crippen molar-refractivity contribution in [2.24, 2.45) is 0 Å². The monoisotopic (exact) mass is 1850 g/mol. The maximum absolute atomic E-state index is 14.8. The lowest BCUT2D eigenvalue weighted by Crippen LogP contribution is -2.52. The number of nitrogens with one attached hydrogen (secondary N) is 6. The normalized spacial score (nSPS) is 20.9. The summed E-state index contributed by atoms with van der Waals surface area (Å²) in [5.41, 5.74) is 1.15. The Morgan fingerprint density at radius 3 is 1.49 bits per heavy atom. The van der Waals surface area contributed by atoms with Crippen molar-refractivity contribution in [2.45, 2.75) is 79.6 Å². The molecule has 674 valence electrons. The molecular weight excluding hydrogens is 1780 g/mol. The number of hydrogen-bond donors (Lipinski definition) is 6. The summed E-state index contributed by atoms with van der Waals surface area (Å²) in [7, 11) is 5.47. The predicted molar refractivity (Wildman–Crippen MR) is 459 cm³/mol. The smallest absolute Gasteiger partial charge is 0.322 e. The summed E-state index contributed by atoms with van der Waals surface area (Å²) in [6.07, 6.45) is 6.07. The van der Waals surface area contributed by atoms with E-state index in [0.29, 0.717) is 85.3 Å². The number of aromatic nitrogens is 4. The predicted octanol–water partition coefficient (Wildman–Crippen LogP) is 9.85. The van der Waals surface area contributed by atoms with Gasteiger partial charge in [-0.3, -0.25) is 83.8 Å². The summed E-state index contributed by atoms with van der Waals surface area (Å²) in [5.74, 6) is -6.75. The zero-order valence-electron chi connectivity index (χ0n) is 70.3. The first kappa shape index (κ1) is 86.5. The maximum Gasteiger partial charge on any atom is 0.322 e. The lowest BCUT2D eigenvalue weighted by molar-refractivity contribution is -0.128. The van der Waals surface area contributed by atoms with Crippen LogP contribution in [-0.4, -0.2) is 178 Å². The third kappa shape index (κ3) is 14.9. The molecule has 9 aliphatic heterocycles. The highest BCUT2D eigenvalue weighted by Crippen LogP contribution is 2.47. The van der Waals surface area contributed by atoms with Crippen molar-refractivity contribution in [3.05, 3.63) is 259 Å². The van der Waals surface area contributed by atoms with E-state index in [4.69, 9.17) is 59.8 Å². The molecule has 6 N–H and O–H groups in total. The van der Waals surface area contributed by atoms with Crippen molar-refractivity contribution in [3.8, 4) is 34.3 Å². The van der Waals surface area contributed by atoms with Crippen LogP contribution in [0.4, 0.5) is 18.0 Å². The molecule has 1 unspecified atom stereocenters. The van der Waals surface area contributed by atoms with Crippen molar-refractivity contribution in [1.29, 1.82) is 0 Å². The van der Waals surface area contributed by atoms with Crippen molar-refractivity contribution in [3.63, 3.8) is 0 Å². The van der Waals surface area contributed by atoms with Gasteiger partial charge in [-0.05, 0) is 119 Å². The molecule has 13 aromatic rings. The van der Waals surface area contributed by atoms with E-state index in [0.717, 1.165) is 22.1 Å². The molecule has 14 amide bonds. The summed E-state index contributed by atoms with van der Waals surface area (Å²) in [6.45, 7) is 0.499. The molecule has 22 rings (SSSR count). The molecule has 8 aromatic heterocycles. The molecule has 0 bridgehead atoms. The first-order valence-electron chi connectivity index (χ1n) is 41.2. The molecule has 40 heteroatoms. The van der Waals surface area contributed by atoms with Crippen LogP contribution in [-0.2, 0) is 86.3 Å². The largest absolute Gasteiger partial charge is 0.497 e. The average Bonchev–Trinajstić information content (AvgIpc) is 1.57. The molecule has 0 spiro atoms. The number of halogens is 5. The number of nitrogens with zero attached hydrogens (tertiary/aromatic N) is 8. The van der Waals surface area contributed by atoms with Crippen molar-refractivity contribution in [2.75, 3.05) is 61.2 Å². The number of carbonyl (C=O) groups is 13. The zero-order chi connectivity index (χ0) is 93.2. The Kier molecular flexibility index (Phi) is 21.6. The van der Waals surface area contributed by atoms with E-state index in [2.05, 4.69) is 51.8 Å². The number of hydrogen-bond acceptors (Lipinski definition) is 25. The molecular formula is C93H71Cl2F3N14O21. The fourth-order valence-electron chi connectivity index (χ4n) is 18.4. The topological polar surface area (TPSA) is 448 Å². The van der Waals surface area contributed by atoms with Crippen molar-refractivity contribution < 1.29 is 112 Å². The van der Waals surface area contributed by atoms with Gasteiger partial charge in [0.25, 0.3) is 29.5 Å². The number of urea groups is 1. The average molecular weight is 1850 g/mol. The van der Waals surface area contributed by atoms with Gasteiger partial charge in [-0.15, -0.1) is 0 Å². The van der Waals surface area contributed by atoms with Gasteiger partial charge in [-0.25, -0.2) is 32.9 Å². The van der Waals surface area contributed by atoms with E-state index in [1.165, 1.54) is 84.7 Å². The number of ether oxygens (including phenoxy) is 4. The minimum atomic E-state index is -1.58. The highest BCUT2D eigenvalue weighted by Gasteiger charge is 2.58. The van der Waals surface area contributed by atoms with Gasteiger partial charge in [0, 0.05) is 124 Å². The van der Waals surface area contributed by atoms with Gasteiger partial charge in [0.05, 0.1) is 82.0 Å². The third-order valence-electron chi connectivity index (χ3n) is 25.1. The minimum Gasteiger partial charge on any atom is -0.497 e. The number of furan rings is 4. The Balaban J connectivity index is 0.000000115. The second-order valence-electron chi connectivity index (χ2n) is 33.1. The van der Waals surface area contributed by atoms with Crippen LogP contribution in [0, 0.1) is 17.5 Å². The summed E-state index contributed by atoms with van der Waals surface area (Å²) in [4.78, 5) is 187. The molecule has 5 aromatic carbocycles. The molecule has 133 heavy (non-hydrogen) atoms. The fourth-order valence-corrected chi connectivity index (χ4v) is 18.8. The number of carbonyl (C=O) groups excluding carboxylic acids is 13. The van der Waals surface area contributed by atoms with Gasteiger partial charge in [-0.2, -0.15) is 0 Å². The summed E-state index contributed by atoms with van der Waals surface area (Å²) in [6, 6.07) is 36.2. The minimum absolute atomic E-state index is 0.0150. The van der Waals surface area contributed by atoms with Crippen LogP contribution in [0.1, 0.15) is 124 Å².